The number of nitrogens with zero attached hydrogens (tertiary/aromatic N) is 4. The number of pyridine rings is 1. The quantitative estimate of drug-likeness (QED) is 0.648. The first-order chi connectivity index (χ1) is 14.2. The van der Waals surface area contributed by atoms with Crippen LogP contribution in [0.3, 0.4) is 0 Å². The lowest BCUT2D eigenvalue weighted by Crippen LogP contribution is -2.29. The Morgan fingerprint density at radius 2 is 2.00 bits per heavy atom. The van der Waals surface area contributed by atoms with E-state index in [-0.39, 0.29) is 12.1 Å². The lowest BCUT2D eigenvalue weighted by molar-refractivity contribution is 0.292. The normalized spacial score (nSPS) is 23.1. The second kappa shape index (κ2) is 8.66. The predicted molar refractivity (Wildman–Crippen MR) is 122 cm³/mol. The summed E-state index contributed by atoms with van der Waals surface area (Å²) in [7, 11) is 0. The molecule has 5 nitrogen and oxygen atoms in total. The summed E-state index contributed by atoms with van der Waals surface area (Å²) in [6.45, 7) is 12.3. The van der Waals surface area contributed by atoms with Gasteiger partial charge >= 0.3 is 0 Å². The average Bonchev–Trinajstić information content (AvgIpc) is 3.26. The molecule has 2 aliphatic heterocycles. The Morgan fingerprint density at radius 3 is 2.69 bits per heavy atom. The van der Waals surface area contributed by atoms with Crippen molar-refractivity contribution in [3.63, 3.8) is 0 Å². The van der Waals surface area contributed by atoms with Crippen molar-refractivity contribution in [2.75, 3.05) is 31.1 Å². The van der Waals surface area contributed by atoms with E-state index in [4.69, 9.17) is 9.73 Å². The zero-order chi connectivity index (χ0) is 20.4. The molecule has 0 radical (unpaired) electrons. The van der Waals surface area contributed by atoms with Crippen LogP contribution in [0.2, 0.25) is 0 Å². The monoisotopic (exact) mass is 410 g/mol. The lowest BCUT2D eigenvalue weighted by atomic mass is 9.95. The van der Waals surface area contributed by atoms with Gasteiger partial charge in [0.1, 0.15) is 11.8 Å². The Balaban J connectivity index is 1.78. The number of aromatic nitrogens is 1. The molecule has 3 heterocycles. The highest BCUT2D eigenvalue weighted by Crippen LogP contribution is 2.50. The van der Waals surface area contributed by atoms with Gasteiger partial charge in [-0.2, -0.15) is 0 Å². The minimum Gasteiger partial charge on any atom is -0.493 e. The van der Waals surface area contributed by atoms with E-state index in [0.29, 0.717) is 11.9 Å². The smallest absolute Gasteiger partial charge is 0.160 e. The molecule has 0 amide bonds. The van der Waals surface area contributed by atoms with Crippen molar-refractivity contribution < 1.29 is 4.74 Å². The van der Waals surface area contributed by atoms with Crippen molar-refractivity contribution in [1.29, 1.82) is 0 Å². The molecule has 2 aromatic rings. The van der Waals surface area contributed by atoms with Gasteiger partial charge < -0.3 is 14.5 Å². The third-order valence-corrected chi connectivity index (χ3v) is 6.73. The Hall–Kier alpha value is -2.21. The fourth-order valence-corrected chi connectivity index (χ4v) is 5.38. The van der Waals surface area contributed by atoms with Gasteiger partial charge in [-0.15, -0.1) is 0 Å². The summed E-state index contributed by atoms with van der Waals surface area (Å²) in [4.78, 5) is 14.5. The third-order valence-electron chi connectivity index (χ3n) is 5.63. The summed E-state index contributed by atoms with van der Waals surface area (Å²) >= 11 is 1.87. The molecule has 0 unspecified atom stereocenters. The molecule has 0 N–H and O–H groups in total. The number of amidine groups is 1. The van der Waals surface area contributed by atoms with Gasteiger partial charge in [-0.25, -0.2) is 0 Å². The number of hydrogen-bond acceptors (Lipinski definition) is 6. The van der Waals surface area contributed by atoms with Gasteiger partial charge in [-0.05, 0) is 39.0 Å². The lowest BCUT2D eigenvalue weighted by Gasteiger charge is -2.30. The number of aliphatic imine (C=N–C) groups is 1. The topological polar surface area (TPSA) is 41.0 Å². The van der Waals surface area contributed by atoms with Gasteiger partial charge in [0.25, 0.3) is 0 Å². The van der Waals surface area contributed by atoms with E-state index < -0.39 is 0 Å². The fraction of sp³-hybridized carbons (Fsp3) is 0.478. The summed E-state index contributed by atoms with van der Waals surface area (Å²) in [5.41, 5.74) is 3.43. The zero-order valence-electron chi connectivity index (χ0n) is 17.7. The van der Waals surface area contributed by atoms with E-state index in [0.717, 1.165) is 36.2 Å². The second-order valence-electron chi connectivity index (χ2n) is 7.46. The SMILES string of the molecule is CCOc1cc(N(CC)CC)ccc1[C@@H]1[C@H](c2ccccn2)N=C2S[C@@H](C)CN21. The number of rotatable bonds is 7. The number of hydrogen-bond donors (Lipinski definition) is 0. The molecule has 1 aromatic carbocycles. The summed E-state index contributed by atoms with van der Waals surface area (Å²) in [6.07, 6.45) is 1.86. The van der Waals surface area contributed by atoms with Crippen molar-refractivity contribution in [1.82, 2.24) is 9.88 Å². The summed E-state index contributed by atoms with van der Waals surface area (Å²) < 4.78 is 6.16. The van der Waals surface area contributed by atoms with Gasteiger partial charge in [0.05, 0.1) is 18.3 Å². The first kappa shape index (κ1) is 20.1. The van der Waals surface area contributed by atoms with Gasteiger partial charge in [0.2, 0.25) is 0 Å². The average molecular weight is 411 g/mol. The highest BCUT2D eigenvalue weighted by atomic mass is 32.2. The Kier molecular flexibility index (Phi) is 5.99. The van der Waals surface area contributed by atoms with Crippen LogP contribution in [-0.4, -0.2) is 46.5 Å². The molecule has 1 saturated heterocycles. The first-order valence-corrected chi connectivity index (χ1v) is 11.5. The van der Waals surface area contributed by atoms with E-state index >= 15 is 0 Å². The van der Waals surface area contributed by atoms with Crippen LogP contribution < -0.4 is 9.64 Å². The van der Waals surface area contributed by atoms with Crippen LogP contribution in [0.5, 0.6) is 5.75 Å². The van der Waals surface area contributed by atoms with Crippen LogP contribution in [0.1, 0.15) is 51.0 Å². The summed E-state index contributed by atoms with van der Waals surface area (Å²) in [6, 6.07) is 12.9. The molecule has 2 aliphatic rings. The predicted octanol–water partition coefficient (Wildman–Crippen LogP) is 4.92. The van der Waals surface area contributed by atoms with Gasteiger partial charge in [0, 0.05) is 48.4 Å². The molecular weight excluding hydrogens is 380 g/mol. The van der Waals surface area contributed by atoms with Crippen molar-refractivity contribution >= 4 is 22.6 Å². The maximum absolute atomic E-state index is 6.16. The third kappa shape index (κ3) is 3.82. The highest BCUT2D eigenvalue weighted by Gasteiger charge is 2.44. The molecule has 4 rings (SSSR count). The number of fused-ring (bicyclic) bond motifs is 1. The fourth-order valence-electron chi connectivity index (χ4n) is 4.29. The van der Waals surface area contributed by atoms with Crippen molar-refractivity contribution in [2.45, 2.75) is 45.0 Å². The molecule has 1 aromatic heterocycles. The molecule has 1 fully saturated rings. The minimum absolute atomic E-state index is 0.00953. The molecule has 0 spiro atoms. The van der Waals surface area contributed by atoms with Crippen LogP contribution in [0.25, 0.3) is 0 Å². The molecule has 154 valence electrons. The van der Waals surface area contributed by atoms with E-state index in [1.807, 2.05) is 30.1 Å². The maximum Gasteiger partial charge on any atom is 0.160 e. The van der Waals surface area contributed by atoms with E-state index in [1.54, 1.807) is 0 Å². The number of ether oxygens (including phenoxy) is 1. The zero-order valence-corrected chi connectivity index (χ0v) is 18.5. The van der Waals surface area contributed by atoms with Crippen molar-refractivity contribution in [3.8, 4) is 5.75 Å². The second-order valence-corrected chi connectivity index (χ2v) is 8.87. The first-order valence-electron chi connectivity index (χ1n) is 10.6. The Labute approximate surface area is 178 Å². The maximum atomic E-state index is 6.16. The number of anilines is 1. The van der Waals surface area contributed by atoms with Crippen LogP contribution in [0, 0.1) is 0 Å². The molecule has 0 bridgehead atoms. The number of benzene rings is 1. The van der Waals surface area contributed by atoms with Crippen LogP contribution in [0.15, 0.2) is 47.6 Å². The van der Waals surface area contributed by atoms with Crippen LogP contribution in [0.4, 0.5) is 5.69 Å². The summed E-state index contributed by atoms with van der Waals surface area (Å²) in [5, 5.41) is 1.68. The molecule has 0 saturated carbocycles. The summed E-state index contributed by atoms with van der Waals surface area (Å²) in [5.74, 6) is 0.962. The largest absolute Gasteiger partial charge is 0.493 e. The van der Waals surface area contributed by atoms with Crippen molar-refractivity contribution in [3.05, 3.63) is 53.9 Å². The molecular formula is C23H30N4OS. The van der Waals surface area contributed by atoms with Gasteiger partial charge in [0.15, 0.2) is 5.17 Å². The van der Waals surface area contributed by atoms with Gasteiger partial charge in [-0.3, -0.25) is 9.98 Å². The van der Waals surface area contributed by atoms with Crippen molar-refractivity contribution in [2.24, 2.45) is 4.99 Å². The Bertz CT molecular complexity index is 868. The molecule has 29 heavy (non-hydrogen) atoms. The van der Waals surface area contributed by atoms with E-state index in [1.165, 1.54) is 11.3 Å². The van der Waals surface area contributed by atoms with Crippen LogP contribution >= 0.6 is 11.8 Å². The van der Waals surface area contributed by atoms with E-state index in [9.17, 15) is 0 Å². The van der Waals surface area contributed by atoms with Gasteiger partial charge in [-0.1, -0.05) is 30.8 Å². The Morgan fingerprint density at radius 1 is 1.17 bits per heavy atom. The van der Waals surface area contributed by atoms with Crippen LogP contribution in [-0.2, 0) is 0 Å². The molecule has 6 heteroatoms. The highest BCUT2D eigenvalue weighted by molar-refractivity contribution is 8.14. The van der Waals surface area contributed by atoms with E-state index in [2.05, 4.69) is 66.7 Å². The molecule has 0 aliphatic carbocycles. The minimum atomic E-state index is -0.00953. The molecule has 3 atom stereocenters. The number of thioether (sulfide) groups is 1. The standard InChI is InChI=1S/C23H30N4OS/c1-5-26(6-2)17-11-12-18(20(14-17)28-7-3)22-21(19-10-8-9-13-24-19)25-23-27(22)15-16(4)29-23/h8-14,16,21-22H,5-7,15H2,1-4H3/t16-,21-,22+/m0/s1.